The molecule has 5 aromatic carbocycles. The van der Waals surface area contributed by atoms with Crippen molar-refractivity contribution < 1.29 is 13.6 Å². The number of furan rings is 1. The Bertz CT molecular complexity index is 3060. The van der Waals surface area contributed by atoms with Gasteiger partial charge in [-0.2, -0.15) is 9.13 Å². The molecule has 1 aliphatic heterocycles. The fraction of sp³-hybridized carbons (Fsp3) is 0.0870. The molecule has 1 fully saturated rings. The molecule has 12 rings (SSSR count). The molecule has 0 radical (unpaired) electrons. The molecule has 234 valence electrons. The lowest BCUT2D eigenvalue weighted by atomic mass is 9.92. The number of para-hydroxylation sites is 2. The first-order valence-corrected chi connectivity index (χ1v) is 17.5. The third kappa shape index (κ3) is 3.22. The van der Waals surface area contributed by atoms with E-state index in [2.05, 4.69) is 161 Å². The van der Waals surface area contributed by atoms with Gasteiger partial charge in [-0.05, 0) is 73.2 Å². The number of nitrogens with zero attached hydrogens (tertiary/aromatic N) is 3. The number of aromatic nitrogens is 3. The largest absolute Gasteiger partial charge is 0.456 e. The summed E-state index contributed by atoms with van der Waals surface area (Å²) >= 11 is 0. The summed E-state index contributed by atoms with van der Waals surface area (Å²) in [6.45, 7) is 6.40. The van der Waals surface area contributed by atoms with Crippen LogP contribution in [-0.2, 0) is 0 Å². The second kappa shape index (κ2) is 9.25. The molecule has 0 saturated heterocycles. The van der Waals surface area contributed by atoms with Crippen LogP contribution in [0.2, 0.25) is 0 Å². The Morgan fingerprint density at radius 3 is 2.36 bits per heavy atom. The third-order valence-electron chi connectivity index (χ3n) is 11.7. The molecule has 1 saturated carbocycles. The molecule has 3 unspecified atom stereocenters. The van der Waals surface area contributed by atoms with Gasteiger partial charge in [0.15, 0.2) is 24.6 Å². The minimum Gasteiger partial charge on any atom is -0.456 e. The summed E-state index contributed by atoms with van der Waals surface area (Å²) in [5.74, 6) is 0.695. The van der Waals surface area contributed by atoms with Gasteiger partial charge in [0.1, 0.15) is 11.2 Å². The molecule has 1 aliphatic carbocycles. The second-order valence-electron chi connectivity index (χ2n) is 14.2. The highest BCUT2D eigenvalue weighted by atomic mass is 16.3. The van der Waals surface area contributed by atoms with Gasteiger partial charge in [-0.15, -0.1) is 0 Å². The lowest BCUT2D eigenvalue weighted by Crippen LogP contribution is -2.37. The van der Waals surface area contributed by atoms with E-state index < -0.39 is 0 Å². The predicted octanol–water partition coefficient (Wildman–Crippen LogP) is 10.5. The average Bonchev–Trinajstić information content (AvgIpc) is 3.49. The number of pyridine rings is 2. The Labute approximate surface area is 287 Å². The van der Waals surface area contributed by atoms with Crippen molar-refractivity contribution in [3.8, 4) is 22.5 Å². The van der Waals surface area contributed by atoms with Gasteiger partial charge < -0.3 is 8.82 Å². The number of fused-ring (bicyclic) bond motifs is 16. The van der Waals surface area contributed by atoms with E-state index in [0.29, 0.717) is 17.9 Å². The summed E-state index contributed by atoms with van der Waals surface area (Å²) in [6.07, 6.45) is 6.42. The molecule has 4 nitrogen and oxygen atoms in total. The van der Waals surface area contributed by atoms with Crippen molar-refractivity contribution >= 4 is 66.2 Å². The van der Waals surface area contributed by atoms with Gasteiger partial charge in [-0.3, -0.25) is 0 Å². The highest BCUT2D eigenvalue weighted by Gasteiger charge is 2.64. The van der Waals surface area contributed by atoms with Crippen molar-refractivity contribution in [2.24, 2.45) is 0 Å². The molecule has 0 bridgehead atoms. The van der Waals surface area contributed by atoms with Crippen LogP contribution in [0, 0.1) is 6.92 Å². The van der Waals surface area contributed by atoms with E-state index in [1.165, 1.54) is 77.0 Å². The lowest BCUT2D eigenvalue weighted by molar-refractivity contribution is -0.693. The molecule has 2 aliphatic rings. The SMILES string of the molecule is C=C[n+]1cc(C)ccc1-c1cc2c3c4c(cc5c6ccccc6n(c2cc1C1C2c6ccccc6-c6cccc[n+]6C12)c53)oc1ccccc14. The fourth-order valence-electron chi connectivity index (χ4n) is 9.70. The van der Waals surface area contributed by atoms with Crippen molar-refractivity contribution in [1.82, 2.24) is 4.40 Å². The fourth-order valence-corrected chi connectivity index (χ4v) is 9.70. The molecular weight excluding hydrogens is 611 g/mol. The Balaban J connectivity index is 1.26. The second-order valence-corrected chi connectivity index (χ2v) is 14.2. The van der Waals surface area contributed by atoms with Gasteiger partial charge in [0.05, 0.1) is 33.9 Å². The number of rotatable bonds is 3. The zero-order chi connectivity index (χ0) is 32.8. The van der Waals surface area contributed by atoms with E-state index in [9.17, 15) is 0 Å². The molecular formula is C46H31N3O+2. The number of benzene rings is 5. The molecule has 3 atom stereocenters. The standard InChI is InChI=1S/C46H31N3O/c1-3-47-25-26(2)19-20-35(47)31-22-34-38(23-32(31)43-42-29-14-5-4-12-27(29)36-16-10-11-21-48(36)46(42)43)49-37-17-8-6-13-28(37)33-24-40-41(44(34)45(33)49)30-15-7-9-18-39(30)50-40/h3-25,42-43,46H,1H2,2H3/q+2. The molecule has 6 heterocycles. The van der Waals surface area contributed by atoms with Gasteiger partial charge in [-0.1, -0.05) is 54.6 Å². The summed E-state index contributed by atoms with van der Waals surface area (Å²) < 4.78 is 13.9. The van der Waals surface area contributed by atoms with Gasteiger partial charge in [0.2, 0.25) is 11.4 Å². The zero-order valence-corrected chi connectivity index (χ0v) is 27.5. The average molecular weight is 642 g/mol. The normalized spacial score (nSPS) is 18.0. The van der Waals surface area contributed by atoms with Crippen LogP contribution < -0.4 is 9.13 Å². The summed E-state index contributed by atoms with van der Waals surface area (Å²) in [5, 5.41) is 7.34. The molecule has 4 heteroatoms. The number of hydrogen-bond acceptors (Lipinski definition) is 1. The summed E-state index contributed by atoms with van der Waals surface area (Å²) in [6, 6.07) is 45.1. The molecule has 0 spiro atoms. The minimum absolute atomic E-state index is 0.306. The van der Waals surface area contributed by atoms with Crippen molar-refractivity contribution in [2.75, 3.05) is 0 Å². The molecule has 0 N–H and O–H groups in total. The van der Waals surface area contributed by atoms with E-state index >= 15 is 0 Å². The summed E-state index contributed by atoms with van der Waals surface area (Å²) in [7, 11) is 0. The van der Waals surface area contributed by atoms with E-state index in [1.54, 1.807) is 0 Å². The smallest absolute Gasteiger partial charge is 0.218 e. The van der Waals surface area contributed by atoms with Crippen LogP contribution in [0.3, 0.4) is 0 Å². The van der Waals surface area contributed by atoms with E-state index in [-0.39, 0.29) is 0 Å². The van der Waals surface area contributed by atoms with Crippen LogP contribution in [0.15, 0.2) is 145 Å². The van der Waals surface area contributed by atoms with Crippen molar-refractivity contribution in [2.45, 2.75) is 24.8 Å². The van der Waals surface area contributed by atoms with Crippen molar-refractivity contribution in [3.05, 3.63) is 157 Å². The predicted molar refractivity (Wildman–Crippen MR) is 202 cm³/mol. The van der Waals surface area contributed by atoms with E-state index in [1.807, 2.05) is 6.20 Å². The van der Waals surface area contributed by atoms with Crippen molar-refractivity contribution in [1.29, 1.82) is 0 Å². The Morgan fingerprint density at radius 1 is 0.640 bits per heavy atom. The summed E-state index contributed by atoms with van der Waals surface area (Å²) in [4.78, 5) is 0. The van der Waals surface area contributed by atoms with E-state index in [0.717, 1.165) is 22.2 Å². The highest BCUT2D eigenvalue weighted by molar-refractivity contribution is 6.35. The Hall–Kier alpha value is -6.26. The maximum Gasteiger partial charge on any atom is 0.218 e. The lowest BCUT2D eigenvalue weighted by Gasteiger charge is -2.12. The summed E-state index contributed by atoms with van der Waals surface area (Å²) in [5.41, 5.74) is 14.7. The number of aryl methyl sites for hydroxylation is 1. The van der Waals surface area contributed by atoms with Gasteiger partial charge >= 0.3 is 0 Å². The quantitative estimate of drug-likeness (QED) is 0.176. The maximum atomic E-state index is 6.60. The third-order valence-corrected chi connectivity index (χ3v) is 11.7. The Morgan fingerprint density at radius 2 is 1.44 bits per heavy atom. The Kier molecular flexibility index (Phi) is 4.93. The van der Waals surface area contributed by atoms with Crippen LogP contribution in [0.1, 0.15) is 34.6 Å². The van der Waals surface area contributed by atoms with Crippen LogP contribution in [0.5, 0.6) is 0 Å². The minimum atomic E-state index is 0.306. The van der Waals surface area contributed by atoms with Crippen LogP contribution in [-0.4, -0.2) is 4.40 Å². The molecule has 50 heavy (non-hydrogen) atoms. The monoisotopic (exact) mass is 641 g/mol. The van der Waals surface area contributed by atoms with Gasteiger partial charge in [0, 0.05) is 61.6 Å². The first-order valence-electron chi connectivity index (χ1n) is 17.5. The molecule has 5 aromatic heterocycles. The topological polar surface area (TPSA) is 25.3 Å². The molecule has 10 aromatic rings. The van der Waals surface area contributed by atoms with Crippen LogP contribution in [0.25, 0.3) is 88.7 Å². The van der Waals surface area contributed by atoms with Gasteiger partial charge in [0.25, 0.3) is 0 Å². The molecule has 0 amide bonds. The van der Waals surface area contributed by atoms with Crippen LogP contribution in [0.4, 0.5) is 0 Å². The van der Waals surface area contributed by atoms with Crippen molar-refractivity contribution in [3.63, 3.8) is 0 Å². The first kappa shape index (κ1) is 26.7. The highest BCUT2D eigenvalue weighted by Crippen LogP contribution is 2.66. The zero-order valence-electron chi connectivity index (χ0n) is 27.5. The number of hydrogen-bond donors (Lipinski definition) is 0. The first-order chi connectivity index (χ1) is 24.7. The van der Waals surface area contributed by atoms with Gasteiger partial charge in [-0.25, -0.2) is 0 Å². The van der Waals surface area contributed by atoms with E-state index in [4.69, 9.17) is 4.42 Å². The maximum absolute atomic E-state index is 6.60. The van der Waals surface area contributed by atoms with Crippen LogP contribution >= 0.6 is 0 Å².